The molecule has 0 fully saturated rings. The van der Waals surface area contributed by atoms with E-state index in [4.69, 9.17) is 14.6 Å². The quantitative estimate of drug-likeness (QED) is 0.300. The van der Waals surface area contributed by atoms with Gasteiger partial charge in [-0.2, -0.15) is 5.10 Å². The number of rotatable bonds is 14. The van der Waals surface area contributed by atoms with Crippen molar-refractivity contribution in [1.29, 1.82) is 0 Å². The molecule has 0 bridgehead atoms. The number of unbranched alkanes of at least 4 members (excludes halogenated alkanes) is 1. The Bertz CT molecular complexity index is 1040. The van der Waals surface area contributed by atoms with Crippen LogP contribution >= 0.6 is 0 Å². The zero-order chi connectivity index (χ0) is 25.2. The number of ether oxygens (including phenoxy) is 2. The number of halogens is 1. The highest BCUT2D eigenvalue weighted by atomic mass is 19.1. The van der Waals surface area contributed by atoms with Crippen LogP contribution in [0.2, 0.25) is 0 Å². The van der Waals surface area contributed by atoms with Crippen LogP contribution in [0.15, 0.2) is 54.6 Å². The van der Waals surface area contributed by atoms with E-state index in [0.29, 0.717) is 38.1 Å². The molecule has 3 rings (SSSR count). The number of aliphatic hydroxyl groups is 1. The molecular formula is C28H38FN3O3. The molecule has 3 aromatic rings. The maximum Gasteiger partial charge on any atom is 0.222 e. The van der Waals surface area contributed by atoms with Gasteiger partial charge in [0, 0.05) is 38.9 Å². The van der Waals surface area contributed by atoms with Crippen molar-refractivity contribution in [3.63, 3.8) is 0 Å². The number of aryl methyl sites for hydroxylation is 1. The summed E-state index contributed by atoms with van der Waals surface area (Å²) in [5, 5.41) is 15.4. The first-order valence-corrected chi connectivity index (χ1v) is 12.4. The third-order valence-corrected chi connectivity index (χ3v) is 5.60. The van der Waals surface area contributed by atoms with Crippen LogP contribution in [-0.2, 0) is 18.3 Å². The lowest BCUT2D eigenvalue weighted by atomic mass is 10.1. The average Bonchev–Trinajstić information content (AvgIpc) is 3.13. The van der Waals surface area contributed by atoms with E-state index >= 15 is 0 Å². The lowest BCUT2D eigenvalue weighted by Crippen LogP contribution is -2.37. The summed E-state index contributed by atoms with van der Waals surface area (Å²) >= 11 is 0. The van der Waals surface area contributed by atoms with Gasteiger partial charge in [-0.3, -0.25) is 4.90 Å². The van der Waals surface area contributed by atoms with Gasteiger partial charge in [-0.25, -0.2) is 9.07 Å². The van der Waals surface area contributed by atoms with Crippen molar-refractivity contribution in [3.8, 4) is 22.9 Å². The Morgan fingerprint density at radius 1 is 1.06 bits per heavy atom. The summed E-state index contributed by atoms with van der Waals surface area (Å²) in [5.41, 5.74) is 2.58. The van der Waals surface area contributed by atoms with Crippen molar-refractivity contribution in [1.82, 2.24) is 14.7 Å². The molecule has 0 saturated heterocycles. The van der Waals surface area contributed by atoms with Gasteiger partial charge in [0.05, 0.1) is 18.3 Å². The van der Waals surface area contributed by atoms with Gasteiger partial charge in [0.2, 0.25) is 5.88 Å². The van der Waals surface area contributed by atoms with Crippen molar-refractivity contribution in [2.24, 2.45) is 13.0 Å². The highest BCUT2D eigenvalue weighted by Gasteiger charge is 2.24. The van der Waals surface area contributed by atoms with Gasteiger partial charge < -0.3 is 14.6 Å². The zero-order valence-corrected chi connectivity index (χ0v) is 21.3. The van der Waals surface area contributed by atoms with E-state index < -0.39 is 11.9 Å². The lowest BCUT2D eigenvalue weighted by molar-refractivity contribution is 0.0124. The molecule has 0 aliphatic rings. The monoisotopic (exact) mass is 483 g/mol. The van der Waals surface area contributed by atoms with Crippen LogP contribution in [0.5, 0.6) is 11.6 Å². The fourth-order valence-electron chi connectivity index (χ4n) is 4.04. The third kappa shape index (κ3) is 7.88. The van der Waals surface area contributed by atoms with Crippen LogP contribution in [-0.4, -0.2) is 52.2 Å². The number of nitrogens with zero attached hydrogens (tertiary/aromatic N) is 3. The van der Waals surface area contributed by atoms with E-state index in [-0.39, 0.29) is 5.75 Å². The number of hydrogen-bond acceptors (Lipinski definition) is 5. The molecule has 2 aromatic carbocycles. The molecule has 0 amide bonds. The van der Waals surface area contributed by atoms with E-state index in [1.165, 1.54) is 6.07 Å². The molecular weight excluding hydrogens is 445 g/mol. The minimum atomic E-state index is -0.613. The Kier molecular flexibility index (Phi) is 10.3. The molecule has 6 nitrogen and oxygen atoms in total. The van der Waals surface area contributed by atoms with E-state index in [1.54, 1.807) is 29.9 Å². The molecule has 0 aliphatic heterocycles. The number of para-hydroxylation sites is 1. The van der Waals surface area contributed by atoms with Gasteiger partial charge in [0.15, 0.2) is 11.6 Å². The predicted octanol–water partition coefficient (Wildman–Crippen LogP) is 5.65. The Hall–Kier alpha value is -2.74. The smallest absolute Gasteiger partial charge is 0.222 e. The van der Waals surface area contributed by atoms with Crippen LogP contribution in [0.1, 0.15) is 39.2 Å². The van der Waals surface area contributed by atoms with Crippen molar-refractivity contribution in [2.75, 3.05) is 26.3 Å². The number of benzene rings is 2. The average molecular weight is 484 g/mol. The van der Waals surface area contributed by atoms with Gasteiger partial charge in [-0.05, 0) is 24.5 Å². The largest absolute Gasteiger partial charge is 0.436 e. The summed E-state index contributed by atoms with van der Waals surface area (Å²) in [6.07, 6.45) is 1.43. The SMILES string of the molecule is CCCCOC[C@@H](O)CN(Cc1c(-c2ccccc2)nn(C)c1Oc1ccccc1F)CC(C)C. The van der Waals surface area contributed by atoms with E-state index in [0.717, 1.165) is 36.2 Å². The van der Waals surface area contributed by atoms with Crippen LogP contribution in [0.3, 0.4) is 0 Å². The topological polar surface area (TPSA) is 59.8 Å². The first kappa shape index (κ1) is 26.9. The number of aromatic nitrogens is 2. The molecule has 190 valence electrons. The van der Waals surface area contributed by atoms with Crippen LogP contribution in [0, 0.1) is 11.7 Å². The number of aliphatic hydroxyl groups excluding tert-OH is 1. The Morgan fingerprint density at radius 2 is 1.77 bits per heavy atom. The molecule has 0 saturated carbocycles. The molecule has 35 heavy (non-hydrogen) atoms. The van der Waals surface area contributed by atoms with Crippen molar-refractivity contribution >= 4 is 0 Å². The summed E-state index contributed by atoms with van der Waals surface area (Å²) in [4.78, 5) is 2.19. The predicted molar refractivity (Wildman–Crippen MR) is 137 cm³/mol. The second-order valence-corrected chi connectivity index (χ2v) is 9.32. The Balaban J connectivity index is 1.91. The fourth-order valence-corrected chi connectivity index (χ4v) is 4.04. The standard InChI is InChI=1S/C28H38FN3O3/c1-5-6-16-34-20-23(33)18-32(17-21(2)3)19-24-27(22-12-8-7-9-13-22)30-31(4)28(24)35-26-15-11-10-14-25(26)29/h7-15,21,23,33H,5-6,16-20H2,1-4H3/t23-/m0/s1. The molecule has 0 aliphatic carbocycles. The van der Waals surface area contributed by atoms with Gasteiger partial charge in [0.1, 0.15) is 5.69 Å². The molecule has 0 spiro atoms. The lowest BCUT2D eigenvalue weighted by Gasteiger charge is -2.27. The number of hydrogen-bond donors (Lipinski definition) is 1. The molecule has 1 aromatic heterocycles. The summed E-state index contributed by atoms with van der Waals surface area (Å²) in [6.45, 7) is 9.08. The summed E-state index contributed by atoms with van der Waals surface area (Å²) in [5.74, 6) is 0.586. The highest BCUT2D eigenvalue weighted by Crippen LogP contribution is 2.35. The van der Waals surface area contributed by atoms with E-state index in [1.807, 2.05) is 30.3 Å². The maximum absolute atomic E-state index is 14.4. The van der Waals surface area contributed by atoms with Crippen LogP contribution in [0.25, 0.3) is 11.3 Å². The van der Waals surface area contributed by atoms with Gasteiger partial charge >= 0.3 is 0 Å². The second kappa shape index (κ2) is 13.4. The summed E-state index contributed by atoms with van der Waals surface area (Å²) in [6, 6.07) is 16.3. The first-order chi connectivity index (χ1) is 16.9. The molecule has 1 N–H and O–H groups in total. The van der Waals surface area contributed by atoms with Crippen molar-refractivity contribution in [2.45, 2.75) is 46.3 Å². The normalized spacial score (nSPS) is 12.5. The molecule has 0 unspecified atom stereocenters. The Labute approximate surface area is 208 Å². The van der Waals surface area contributed by atoms with E-state index in [9.17, 15) is 9.50 Å². The molecule has 1 heterocycles. The minimum Gasteiger partial charge on any atom is -0.436 e. The maximum atomic E-state index is 14.4. The van der Waals surface area contributed by atoms with Crippen molar-refractivity contribution < 1.29 is 19.0 Å². The van der Waals surface area contributed by atoms with Gasteiger partial charge in [0.25, 0.3) is 0 Å². The summed E-state index contributed by atoms with van der Waals surface area (Å²) < 4.78 is 27.8. The van der Waals surface area contributed by atoms with Crippen molar-refractivity contribution in [3.05, 3.63) is 66.0 Å². The summed E-state index contributed by atoms with van der Waals surface area (Å²) in [7, 11) is 1.80. The fraction of sp³-hybridized carbons (Fsp3) is 0.464. The first-order valence-electron chi connectivity index (χ1n) is 12.4. The van der Waals surface area contributed by atoms with Crippen LogP contribution in [0.4, 0.5) is 4.39 Å². The van der Waals surface area contributed by atoms with E-state index in [2.05, 4.69) is 25.7 Å². The van der Waals surface area contributed by atoms with Gasteiger partial charge in [-0.15, -0.1) is 0 Å². The molecule has 7 heteroatoms. The molecule has 0 radical (unpaired) electrons. The highest BCUT2D eigenvalue weighted by molar-refractivity contribution is 5.65. The minimum absolute atomic E-state index is 0.149. The molecule has 1 atom stereocenters. The Morgan fingerprint density at radius 3 is 2.46 bits per heavy atom. The second-order valence-electron chi connectivity index (χ2n) is 9.32. The third-order valence-electron chi connectivity index (χ3n) is 5.60. The van der Waals surface area contributed by atoms with Gasteiger partial charge in [-0.1, -0.05) is 69.7 Å². The van der Waals surface area contributed by atoms with Crippen LogP contribution < -0.4 is 4.74 Å². The zero-order valence-electron chi connectivity index (χ0n) is 21.3.